The molecule has 0 aliphatic carbocycles. The van der Waals surface area contributed by atoms with Crippen LogP contribution in [0.1, 0.15) is 239 Å². The number of aliphatic hydroxyl groups is 10. The van der Waals surface area contributed by atoms with Gasteiger partial charge in [0, 0.05) is 0 Å². The summed E-state index contributed by atoms with van der Waals surface area (Å²) in [6, 6.07) is -1.31. The van der Waals surface area contributed by atoms with E-state index in [4.69, 9.17) is 18.9 Å². The number of hydrogen-bond donors (Lipinski definition) is 11. The fourth-order valence-corrected chi connectivity index (χ4v) is 9.91. The lowest BCUT2D eigenvalue weighted by Gasteiger charge is -2.46. The van der Waals surface area contributed by atoms with Crippen molar-refractivity contribution in [2.45, 2.75) is 324 Å². The van der Waals surface area contributed by atoms with Crippen LogP contribution in [0, 0.1) is 0 Å². The summed E-state index contributed by atoms with van der Waals surface area (Å²) < 4.78 is 22.9. The van der Waals surface area contributed by atoms with Crippen molar-refractivity contribution in [3.05, 3.63) is 0 Å². The summed E-state index contributed by atoms with van der Waals surface area (Å²) in [5.74, 6) is -0.772. The first kappa shape index (κ1) is 66.0. The van der Waals surface area contributed by atoms with Crippen molar-refractivity contribution in [2.75, 3.05) is 19.8 Å². The molecule has 2 aliphatic heterocycles. The minimum absolute atomic E-state index is 0.193. The normalized spacial score (nSPS) is 26.6. The van der Waals surface area contributed by atoms with Crippen molar-refractivity contribution >= 4 is 5.91 Å². The van der Waals surface area contributed by atoms with Crippen LogP contribution in [-0.2, 0) is 23.7 Å². The van der Waals surface area contributed by atoms with Gasteiger partial charge in [-0.05, 0) is 12.8 Å². The lowest BCUT2D eigenvalue weighted by Crippen LogP contribution is -2.65. The number of ether oxygens (including phenoxy) is 4. The first-order valence-electron chi connectivity index (χ1n) is 29.0. The van der Waals surface area contributed by atoms with E-state index in [1.54, 1.807) is 0 Å². The van der Waals surface area contributed by atoms with E-state index in [1.165, 1.54) is 148 Å². The van der Waals surface area contributed by atoms with Crippen LogP contribution >= 0.6 is 0 Å². The van der Waals surface area contributed by atoms with Crippen LogP contribution in [0.3, 0.4) is 0 Å². The number of unbranched alkanes of at least 4 members (excludes halogenated alkanes) is 31. The maximum Gasteiger partial charge on any atom is 0.249 e. The lowest BCUT2D eigenvalue weighted by molar-refractivity contribution is -0.368. The molecule has 0 aromatic rings. The van der Waals surface area contributed by atoms with Gasteiger partial charge in [0.15, 0.2) is 12.6 Å². The van der Waals surface area contributed by atoms with Crippen molar-refractivity contribution in [2.24, 2.45) is 0 Å². The molecule has 0 aromatic carbocycles. The van der Waals surface area contributed by atoms with Crippen LogP contribution in [0.2, 0.25) is 0 Å². The van der Waals surface area contributed by atoms with Gasteiger partial charge in [-0.15, -0.1) is 0 Å². The summed E-state index contributed by atoms with van der Waals surface area (Å²) in [4.78, 5) is 13.4. The monoisotopic (exact) mass is 1020 g/mol. The standard InChI is InChI=1S/C55H107NO15/c1-3-5-7-9-11-13-15-17-19-20-21-22-23-25-27-29-31-33-35-37-43(60)53(67)56-41(46(61)42(59)36-34-32-30-28-26-24-18-16-14-12-10-8-6-4-2)40-68-55-52(50(65)48(63)45(39-58)70-55)71-54-51(66)49(64)47(62)44(38-57)69-54/h41-52,54-55,57-66H,3-40H2,1-2H3,(H,56,67). The average Bonchev–Trinajstić information content (AvgIpc) is 3.37. The molecule has 0 radical (unpaired) electrons. The summed E-state index contributed by atoms with van der Waals surface area (Å²) in [6.07, 6.45) is 19.1. The van der Waals surface area contributed by atoms with E-state index >= 15 is 0 Å². The number of carbonyl (C=O) groups is 1. The Kier molecular flexibility index (Phi) is 39.1. The molecule has 14 unspecified atom stereocenters. The summed E-state index contributed by atoms with van der Waals surface area (Å²) in [7, 11) is 0. The molecule has 2 saturated heterocycles. The molecule has 16 heteroatoms. The highest BCUT2D eigenvalue weighted by Gasteiger charge is 2.51. The fraction of sp³-hybridized carbons (Fsp3) is 0.982. The van der Waals surface area contributed by atoms with Crippen molar-refractivity contribution in [3.8, 4) is 0 Å². The van der Waals surface area contributed by atoms with Gasteiger partial charge >= 0.3 is 0 Å². The highest BCUT2D eigenvalue weighted by atomic mass is 16.8. The molecule has 1 amide bonds. The molecule has 2 fully saturated rings. The fourth-order valence-electron chi connectivity index (χ4n) is 9.91. The number of nitrogens with one attached hydrogen (secondary N) is 1. The number of amides is 1. The van der Waals surface area contributed by atoms with Gasteiger partial charge in [0.2, 0.25) is 5.91 Å². The smallest absolute Gasteiger partial charge is 0.249 e. The molecule has 2 rings (SSSR count). The number of hydrogen-bond acceptors (Lipinski definition) is 15. The third kappa shape index (κ3) is 28.0. The Labute approximate surface area is 429 Å². The van der Waals surface area contributed by atoms with Crippen molar-refractivity contribution < 1.29 is 74.8 Å². The average molecular weight is 1020 g/mol. The molecule has 14 atom stereocenters. The lowest BCUT2D eigenvalue weighted by atomic mass is 9.97. The SMILES string of the molecule is CCCCCCCCCCCCCCCCCCCCCC(O)C(=O)NC(COC1OC(CO)C(O)C(O)C1OC1OC(CO)C(O)C(O)C1O)C(O)C(O)CCCCCCCCCCCCCCCC. The van der Waals surface area contributed by atoms with Crippen LogP contribution in [0.15, 0.2) is 0 Å². The zero-order valence-electron chi connectivity index (χ0n) is 44.5. The maximum absolute atomic E-state index is 13.4. The van der Waals surface area contributed by atoms with Crippen molar-refractivity contribution in [1.29, 1.82) is 0 Å². The van der Waals surface area contributed by atoms with Crippen LogP contribution < -0.4 is 5.32 Å². The predicted molar refractivity (Wildman–Crippen MR) is 275 cm³/mol. The van der Waals surface area contributed by atoms with Crippen molar-refractivity contribution in [1.82, 2.24) is 5.32 Å². The number of aliphatic hydroxyl groups excluding tert-OH is 10. The predicted octanol–water partition coefficient (Wildman–Crippen LogP) is 6.89. The van der Waals surface area contributed by atoms with Crippen LogP contribution in [0.4, 0.5) is 0 Å². The Bertz CT molecular complexity index is 1240. The summed E-state index contributed by atoms with van der Waals surface area (Å²) in [5, 5.41) is 109. The molecule has 11 N–H and O–H groups in total. The topological polar surface area (TPSA) is 268 Å². The van der Waals surface area contributed by atoms with Crippen LogP contribution in [0.25, 0.3) is 0 Å². The molecule has 0 saturated carbocycles. The van der Waals surface area contributed by atoms with Gasteiger partial charge in [-0.2, -0.15) is 0 Å². The van der Waals surface area contributed by atoms with E-state index in [2.05, 4.69) is 19.2 Å². The van der Waals surface area contributed by atoms with Gasteiger partial charge < -0.3 is 75.3 Å². The Hall–Kier alpha value is -1.09. The Morgan fingerprint density at radius 2 is 0.817 bits per heavy atom. The molecule has 0 aromatic heterocycles. The molecule has 0 spiro atoms. The van der Waals surface area contributed by atoms with Gasteiger partial charge in [-0.1, -0.05) is 226 Å². The van der Waals surface area contributed by atoms with Gasteiger partial charge in [0.25, 0.3) is 0 Å². The molecule has 16 nitrogen and oxygen atoms in total. The summed E-state index contributed by atoms with van der Waals surface area (Å²) in [6.45, 7) is 2.42. The number of carbonyl (C=O) groups excluding carboxylic acids is 1. The zero-order chi connectivity index (χ0) is 52.1. The van der Waals surface area contributed by atoms with E-state index in [0.29, 0.717) is 12.8 Å². The van der Waals surface area contributed by atoms with Gasteiger partial charge in [0.1, 0.15) is 61.0 Å². The third-order valence-corrected chi connectivity index (χ3v) is 14.8. The molecule has 71 heavy (non-hydrogen) atoms. The molecule has 2 heterocycles. The molecular formula is C55H107NO15. The van der Waals surface area contributed by atoms with Crippen molar-refractivity contribution in [3.63, 3.8) is 0 Å². The second-order valence-corrected chi connectivity index (χ2v) is 21.1. The minimum Gasteiger partial charge on any atom is -0.394 e. The van der Waals surface area contributed by atoms with Crippen LogP contribution in [0.5, 0.6) is 0 Å². The molecule has 0 bridgehead atoms. The van der Waals surface area contributed by atoms with Crippen LogP contribution in [-0.4, -0.2) is 163 Å². The third-order valence-electron chi connectivity index (χ3n) is 14.8. The largest absolute Gasteiger partial charge is 0.394 e. The Morgan fingerprint density at radius 1 is 0.465 bits per heavy atom. The van der Waals surface area contributed by atoms with E-state index in [-0.39, 0.29) is 12.8 Å². The van der Waals surface area contributed by atoms with Gasteiger partial charge in [0.05, 0.1) is 32.0 Å². The van der Waals surface area contributed by atoms with E-state index in [9.17, 15) is 55.9 Å². The number of rotatable bonds is 46. The molecule has 422 valence electrons. The van der Waals surface area contributed by atoms with Gasteiger partial charge in [-0.25, -0.2) is 0 Å². The summed E-state index contributed by atoms with van der Waals surface area (Å²) in [5.41, 5.74) is 0. The van der Waals surface area contributed by atoms with E-state index < -0.39 is 111 Å². The van der Waals surface area contributed by atoms with Gasteiger partial charge in [-0.3, -0.25) is 4.79 Å². The highest BCUT2D eigenvalue weighted by Crippen LogP contribution is 2.30. The highest BCUT2D eigenvalue weighted by molar-refractivity contribution is 5.80. The zero-order valence-corrected chi connectivity index (χ0v) is 44.5. The molecule has 2 aliphatic rings. The first-order valence-corrected chi connectivity index (χ1v) is 29.0. The minimum atomic E-state index is -1.87. The second kappa shape index (κ2) is 42.1. The van der Waals surface area contributed by atoms with E-state index in [1.807, 2.05) is 0 Å². The quantitative estimate of drug-likeness (QED) is 0.0277. The first-order chi connectivity index (χ1) is 34.4. The molecular weight excluding hydrogens is 915 g/mol. The second-order valence-electron chi connectivity index (χ2n) is 21.1. The maximum atomic E-state index is 13.4. The summed E-state index contributed by atoms with van der Waals surface area (Å²) >= 11 is 0. The Balaban J connectivity index is 1.90. The van der Waals surface area contributed by atoms with E-state index in [0.717, 1.165) is 51.4 Å². The Morgan fingerprint density at radius 3 is 1.21 bits per heavy atom.